The molecule has 1 aliphatic heterocycles. The highest BCUT2D eigenvalue weighted by atomic mass is 16.5. The van der Waals surface area contributed by atoms with Crippen molar-refractivity contribution in [2.45, 2.75) is 59.1 Å². The molecular weight excluding hydrogens is 186 g/mol. The summed E-state index contributed by atoms with van der Waals surface area (Å²) in [4.78, 5) is 0. The summed E-state index contributed by atoms with van der Waals surface area (Å²) in [5.41, 5.74) is -0.00507. The van der Waals surface area contributed by atoms with Crippen molar-refractivity contribution < 1.29 is 4.74 Å². The van der Waals surface area contributed by atoms with Gasteiger partial charge in [-0.25, -0.2) is 0 Å². The van der Waals surface area contributed by atoms with E-state index >= 15 is 0 Å². The predicted molar refractivity (Wildman–Crippen MR) is 64.8 cm³/mol. The number of nitrogens with one attached hydrogen (secondary N) is 1. The lowest BCUT2D eigenvalue weighted by Crippen LogP contribution is -2.55. The second-order valence-corrected chi connectivity index (χ2v) is 5.19. The molecule has 0 aliphatic carbocycles. The molecule has 0 amide bonds. The van der Waals surface area contributed by atoms with Crippen LogP contribution >= 0.6 is 0 Å². The van der Waals surface area contributed by atoms with Crippen molar-refractivity contribution in [3.8, 4) is 0 Å². The van der Waals surface area contributed by atoms with Gasteiger partial charge in [-0.05, 0) is 24.7 Å². The molecule has 0 aromatic rings. The Morgan fingerprint density at radius 1 is 1.27 bits per heavy atom. The quantitative estimate of drug-likeness (QED) is 0.757. The first kappa shape index (κ1) is 13.0. The van der Waals surface area contributed by atoms with E-state index in [2.05, 4.69) is 33.0 Å². The molecule has 1 aliphatic rings. The first-order valence-electron chi connectivity index (χ1n) is 6.52. The summed E-state index contributed by atoms with van der Waals surface area (Å²) in [5.74, 6) is 1.41. The molecule has 0 saturated carbocycles. The molecule has 0 aromatic heterocycles. The maximum Gasteiger partial charge on any atom is 0.119 e. The van der Waals surface area contributed by atoms with Crippen LogP contribution in [-0.4, -0.2) is 18.9 Å². The fourth-order valence-corrected chi connectivity index (χ4v) is 2.38. The average Bonchev–Trinajstić information content (AvgIpc) is 2.19. The zero-order valence-corrected chi connectivity index (χ0v) is 10.8. The Hall–Kier alpha value is -0.0800. The van der Waals surface area contributed by atoms with Gasteiger partial charge in [0.1, 0.15) is 5.72 Å². The summed E-state index contributed by atoms with van der Waals surface area (Å²) in [5, 5.41) is 3.64. The molecule has 1 N–H and O–H groups in total. The molecule has 1 saturated heterocycles. The highest BCUT2D eigenvalue weighted by Crippen LogP contribution is 2.28. The van der Waals surface area contributed by atoms with Crippen LogP contribution in [-0.2, 0) is 4.74 Å². The van der Waals surface area contributed by atoms with E-state index in [1.165, 1.54) is 12.8 Å². The first-order valence-corrected chi connectivity index (χ1v) is 6.52. The number of hydrogen-bond donors (Lipinski definition) is 1. The van der Waals surface area contributed by atoms with Crippen molar-refractivity contribution in [1.82, 2.24) is 5.32 Å². The molecule has 1 fully saturated rings. The second kappa shape index (κ2) is 5.86. The molecule has 0 bridgehead atoms. The maximum atomic E-state index is 6.11. The summed E-state index contributed by atoms with van der Waals surface area (Å²) in [6, 6.07) is 0. The predicted octanol–water partition coefficient (Wildman–Crippen LogP) is 3.17. The minimum atomic E-state index is -0.00507. The number of hydrogen-bond acceptors (Lipinski definition) is 2. The average molecular weight is 213 g/mol. The van der Waals surface area contributed by atoms with Gasteiger partial charge in [0.15, 0.2) is 0 Å². The molecule has 90 valence electrons. The Kier molecular flexibility index (Phi) is 5.07. The van der Waals surface area contributed by atoms with E-state index in [0.717, 1.165) is 31.9 Å². The van der Waals surface area contributed by atoms with E-state index < -0.39 is 0 Å². The van der Waals surface area contributed by atoms with Crippen molar-refractivity contribution in [3.05, 3.63) is 0 Å². The Bertz CT molecular complexity index is 163. The molecule has 1 heterocycles. The molecule has 0 spiro atoms. The van der Waals surface area contributed by atoms with E-state index in [0.29, 0.717) is 5.92 Å². The monoisotopic (exact) mass is 213 g/mol. The molecule has 2 heteroatoms. The lowest BCUT2D eigenvalue weighted by Gasteiger charge is -2.42. The van der Waals surface area contributed by atoms with Gasteiger partial charge in [-0.1, -0.05) is 40.5 Å². The van der Waals surface area contributed by atoms with Crippen LogP contribution in [0.4, 0.5) is 0 Å². The minimum Gasteiger partial charge on any atom is -0.360 e. The van der Waals surface area contributed by atoms with E-state index in [4.69, 9.17) is 4.74 Å². The topological polar surface area (TPSA) is 21.3 Å². The van der Waals surface area contributed by atoms with Crippen molar-refractivity contribution in [2.75, 3.05) is 13.2 Å². The van der Waals surface area contributed by atoms with Crippen molar-refractivity contribution in [2.24, 2.45) is 11.8 Å². The standard InChI is InChI=1S/C13H27NO/c1-5-7-13(8-6-2)14-9-12(10-15-13)11(3)4/h11-12,14H,5-10H2,1-4H3. The van der Waals surface area contributed by atoms with Gasteiger partial charge in [-0.15, -0.1) is 0 Å². The fourth-order valence-electron chi connectivity index (χ4n) is 2.38. The van der Waals surface area contributed by atoms with E-state index in [9.17, 15) is 0 Å². The fraction of sp³-hybridized carbons (Fsp3) is 1.00. The van der Waals surface area contributed by atoms with E-state index in [1.807, 2.05) is 0 Å². The van der Waals surface area contributed by atoms with E-state index in [-0.39, 0.29) is 5.72 Å². The van der Waals surface area contributed by atoms with Gasteiger partial charge in [0, 0.05) is 6.54 Å². The van der Waals surface area contributed by atoms with Crippen LogP contribution < -0.4 is 5.32 Å². The Morgan fingerprint density at radius 2 is 1.87 bits per heavy atom. The lowest BCUT2D eigenvalue weighted by molar-refractivity contribution is -0.132. The van der Waals surface area contributed by atoms with Crippen molar-refractivity contribution in [3.63, 3.8) is 0 Å². The van der Waals surface area contributed by atoms with Crippen molar-refractivity contribution >= 4 is 0 Å². The van der Waals surface area contributed by atoms with Gasteiger partial charge in [-0.3, -0.25) is 5.32 Å². The summed E-state index contributed by atoms with van der Waals surface area (Å²) in [6.07, 6.45) is 4.68. The molecule has 0 aromatic carbocycles. The van der Waals surface area contributed by atoms with Gasteiger partial charge >= 0.3 is 0 Å². The molecule has 15 heavy (non-hydrogen) atoms. The third-order valence-corrected chi connectivity index (χ3v) is 3.51. The molecule has 2 nitrogen and oxygen atoms in total. The van der Waals surface area contributed by atoms with Crippen LogP contribution in [0.2, 0.25) is 0 Å². The Morgan fingerprint density at radius 3 is 2.20 bits per heavy atom. The first-order chi connectivity index (χ1) is 7.13. The third-order valence-electron chi connectivity index (χ3n) is 3.51. The summed E-state index contributed by atoms with van der Waals surface area (Å²) in [7, 11) is 0. The second-order valence-electron chi connectivity index (χ2n) is 5.19. The third kappa shape index (κ3) is 3.46. The van der Waals surface area contributed by atoms with Crippen LogP contribution in [0.3, 0.4) is 0 Å². The highest BCUT2D eigenvalue weighted by molar-refractivity contribution is 4.84. The van der Waals surface area contributed by atoms with Crippen LogP contribution in [0.5, 0.6) is 0 Å². The Labute approximate surface area is 94.8 Å². The van der Waals surface area contributed by atoms with Crippen LogP contribution in [0.1, 0.15) is 53.4 Å². The Balaban J connectivity index is 2.49. The highest BCUT2D eigenvalue weighted by Gasteiger charge is 2.34. The smallest absolute Gasteiger partial charge is 0.119 e. The van der Waals surface area contributed by atoms with E-state index in [1.54, 1.807) is 0 Å². The van der Waals surface area contributed by atoms with Gasteiger partial charge in [0.25, 0.3) is 0 Å². The molecular formula is C13H27NO. The zero-order chi connectivity index (χ0) is 11.3. The van der Waals surface area contributed by atoms with Gasteiger partial charge in [0.2, 0.25) is 0 Å². The number of ether oxygens (including phenoxy) is 1. The van der Waals surface area contributed by atoms with Crippen LogP contribution in [0.15, 0.2) is 0 Å². The SMILES string of the molecule is CCCC1(CCC)NCC(C(C)C)CO1. The molecule has 1 rings (SSSR count). The van der Waals surface area contributed by atoms with Crippen LogP contribution in [0.25, 0.3) is 0 Å². The largest absolute Gasteiger partial charge is 0.360 e. The summed E-state index contributed by atoms with van der Waals surface area (Å²) in [6.45, 7) is 11.1. The van der Waals surface area contributed by atoms with Gasteiger partial charge in [0.05, 0.1) is 6.61 Å². The zero-order valence-electron chi connectivity index (χ0n) is 10.8. The molecule has 0 radical (unpaired) electrons. The van der Waals surface area contributed by atoms with Crippen LogP contribution in [0, 0.1) is 11.8 Å². The summed E-state index contributed by atoms with van der Waals surface area (Å²) >= 11 is 0. The lowest BCUT2D eigenvalue weighted by atomic mass is 9.92. The molecule has 1 atom stereocenters. The normalized spacial score (nSPS) is 25.8. The molecule has 1 unspecified atom stereocenters. The minimum absolute atomic E-state index is 0.00507. The maximum absolute atomic E-state index is 6.11. The van der Waals surface area contributed by atoms with Crippen molar-refractivity contribution in [1.29, 1.82) is 0 Å². The summed E-state index contributed by atoms with van der Waals surface area (Å²) < 4.78 is 6.11. The van der Waals surface area contributed by atoms with Gasteiger partial charge < -0.3 is 4.74 Å². The van der Waals surface area contributed by atoms with Gasteiger partial charge in [-0.2, -0.15) is 0 Å². The number of rotatable bonds is 5.